The molecular formula is C14H24N2O. The van der Waals surface area contributed by atoms with Crippen molar-refractivity contribution in [3.8, 4) is 0 Å². The molecule has 2 rings (SSSR count). The van der Waals surface area contributed by atoms with Crippen molar-refractivity contribution in [1.82, 2.24) is 9.78 Å². The van der Waals surface area contributed by atoms with E-state index in [4.69, 9.17) is 0 Å². The van der Waals surface area contributed by atoms with E-state index in [9.17, 15) is 5.11 Å². The highest BCUT2D eigenvalue weighted by Crippen LogP contribution is 2.38. The quantitative estimate of drug-likeness (QED) is 0.875. The number of hydrogen-bond acceptors (Lipinski definition) is 2. The van der Waals surface area contributed by atoms with Crippen LogP contribution in [-0.2, 0) is 13.5 Å². The molecule has 0 radical (unpaired) electrons. The van der Waals surface area contributed by atoms with Crippen molar-refractivity contribution in [2.45, 2.75) is 51.6 Å². The van der Waals surface area contributed by atoms with Crippen molar-refractivity contribution in [3.05, 3.63) is 18.0 Å². The molecule has 3 atom stereocenters. The van der Waals surface area contributed by atoms with Crippen LogP contribution in [0.15, 0.2) is 12.4 Å². The van der Waals surface area contributed by atoms with Gasteiger partial charge in [0.05, 0.1) is 11.8 Å². The van der Waals surface area contributed by atoms with Crippen LogP contribution < -0.4 is 0 Å². The number of rotatable bonds is 3. The molecule has 1 fully saturated rings. The summed E-state index contributed by atoms with van der Waals surface area (Å²) in [7, 11) is 1.93. The van der Waals surface area contributed by atoms with E-state index >= 15 is 0 Å². The molecular weight excluding hydrogens is 212 g/mol. The number of aromatic nitrogens is 2. The Hall–Kier alpha value is -0.830. The summed E-state index contributed by atoms with van der Waals surface area (Å²) in [5.74, 6) is 1.40. The fourth-order valence-corrected chi connectivity index (χ4v) is 2.89. The van der Waals surface area contributed by atoms with Crippen molar-refractivity contribution in [3.63, 3.8) is 0 Å². The van der Waals surface area contributed by atoms with Crippen LogP contribution >= 0.6 is 0 Å². The maximum Gasteiger partial charge on any atom is 0.0653 e. The van der Waals surface area contributed by atoms with Crippen LogP contribution in [0.25, 0.3) is 0 Å². The summed E-state index contributed by atoms with van der Waals surface area (Å²) in [6.07, 6.45) is 8.82. The standard InChI is InChI=1S/C14H24N2O/c1-11-4-6-14(17,8-12(11)2)7-5-13-9-15-16(3)10-13/h9-12,17H,4-8H2,1-3H3. The molecule has 0 bridgehead atoms. The Morgan fingerprint density at radius 1 is 1.47 bits per heavy atom. The number of nitrogens with zero attached hydrogens (tertiary/aromatic N) is 2. The molecule has 1 aliphatic carbocycles. The molecule has 3 heteroatoms. The predicted molar refractivity (Wildman–Crippen MR) is 68.7 cm³/mol. The van der Waals surface area contributed by atoms with Crippen LogP contribution in [0.3, 0.4) is 0 Å². The minimum Gasteiger partial charge on any atom is -0.390 e. The lowest BCUT2D eigenvalue weighted by molar-refractivity contribution is -0.0347. The SMILES string of the molecule is CC1CCC(O)(CCc2cnn(C)c2)CC1C. The van der Waals surface area contributed by atoms with Crippen LogP contribution in [0, 0.1) is 11.8 Å². The average Bonchev–Trinajstić information content (AvgIpc) is 2.68. The van der Waals surface area contributed by atoms with Gasteiger partial charge in [0.2, 0.25) is 0 Å². The Labute approximate surface area is 104 Å². The van der Waals surface area contributed by atoms with Gasteiger partial charge in [-0.25, -0.2) is 0 Å². The van der Waals surface area contributed by atoms with Gasteiger partial charge in [-0.2, -0.15) is 5.10 Å². The summed E-state index contributed by atoms with van der Waals surface area (Å²) < 4.78 is 1.82. The highest BCUT2D eigenvalue weighted by Gasteiger charge is 2.35. The summed E-state index contributed by atoms with van der Waals surface area (Å²) in [4.78, 5) is 0. The van der Waals surface area contributed by atoms with Crippen molar-refractivity contribution >= 4 is 0 Å². The maximum atomic E-state index is 10.6. The molecule has 96 valence electrons. The number of aliphatic hydroxyl groups is 1. The summed E-state index contributed by atoms with van der Waals surface area (Å²) in [6, 6.07) is 0. The Morgan fingerprint density at radius 2 is 2.24 bits per heavy atom. The van der Waals surface area contributed by atoms with Gasteiger partial charge >= 0.3 is 0 Å². The van der Waals surface area contributed by atoms with Crippen LogP contribution in [0.5, 0.6) is 0 Å². The fraction of sp³-hybridized carbons (Fsp3) is 0.786. The molecule has 1 N–H and O–H groups in total. The summed E-state index contributed by atoms with van der Waals surface area (Å²) >= 11 is 0. The molecule has 3 unspecified atom stereocenters. The third kappa shape index (κ3) is 3.09. The normalized spacial score (nSPS) is 33.9. The molecule has 1 aromatic heterocycles. The first-order valence-electron chi connectivity index (χ1n) is 6.68. The topological polar surface area (TPSA) is 38.1 Å². The van der Waals surface area contributed by atoms with Crippen LogP contribution in [0.2, 0.25) is 0 Å². The molecule has 1 aliphatic rings. The van der Waals surface area contributed by atoms with Gasteiger partial charge < -0.3 is 5.11 Å². The Bertz CT molecular complexity index is 374. The van der Waals surface area contributed by atoms with Gasteiger partial charge in [0.25, 0.3) is 0 Å². The molecule has 1 aromatic rings. The minimum atomic E-state index is -0.443. The first kappa shape index (κ1) is 12.6. The zero-order valence-electron chi connectivity index (χ0n) is 11.2. The highest BCUT2D eigenvalue weighted by atomic mass is 16.3. The molecule has 17 heavy (non-hydrogen) atoms. The number of aryl methyl sites for hydroxylation is 2. The molecule has 1 saturated carbocycles. The third-order valence-electron chi connectivity index (χ3n) is 4.38. The molecule has 0 spiro atoms. The second-order valence-corrected chi connectivity index (χ2v) is 5.94. The van der Waals surface area contributed by atoms with E-state index in [0.29, 0.717) is 5.92 Å². The fourth-order valence-electron chi connectivity index (χ4n) is 2.89. The van der Waals surface area contributed by atoms with E-state index in [1.807, 2.05) is 24.1 Å². The van der Waals surface area contributed by atoms with Gasteiger partial charge in [0.15, 0.2) is 0 Å². The van der Waals surface area contributed by atoms with Crippen molar-refractivity contribution in [2.24, 2.45) is 18.9 Å². The molecule has 0 aromatic carbocycles. The summed E-state index contributed by atoms with van der Waals surface area (Å²) in [6.45, 7) is 4.56. The monoisotopic (exact) mass is 236 g/mol. The first-order chi connectivity index (χ1) is 7.98. The lowest BCUT2D eigenvalue weighted by Crippen LogP contribution is -2.38. The van der Waals surface area contributed by atoms with E-state index in [-0.39, 0.29) is 0 Å². The van der Waals surface area contributed by atoms with E-state index in [0.717, 1.165) is 38.0 Å². The van der Waals surface area contributed by atoms with Crippen LogP contribution in [-0.4, -0.2) is 20.5 Å². The van der Waals surface area contributed by atoms with E-state index in [1.165, 1.54) is 5.56 Å². The van der Waals surface area contributed by atoms with Crippen LogP contribution in [0.1, 0.15) is 45.1 Å². The van der Waals surface area contributed by atoms with E-state index in [2.05, 4.69) is 18.9 Å². The first-order valence-corrected chi connectivity index (χ1v) is 6.68. The van der Waals surface area contributed by atoms with Crippen LogP contribution in [0.4, 0.5) is 0 Å². The van der Waals surface area contributed by atoms with Gasteiger partial charge in [0.1, 0.15) is 0 Å². The Morgan fingerprint density at radius 3 is 2.82 bits per heavy atom. The molecule has 0 amide bonds. The second kappa shape index (κ2) is 4.81. The number of hydrogen-bond donors (Lipinski definition) is 1. The van der Waals surface area contributed by atoms with E-state index < -0.39 is 5.60 Å². The second-order valence-electron chi connectivity index (χ2n) is 5.94. The molecule has 3 nitrogen and oxygen atoms in total. The third-order valence-corrected chi connectivity index (χ3v) is 4.38. The highest BCUT2D eigenvalue weighted by molar-refractivity contribution is 5.05. The van der Waals surface area contributed by atoms with Crippen molar-refractivity contribution in [1.29, 1.82) is 0 Å². The molecule has 0 aliphatic heterocycles. The molecule has 1 heterocycles. The van der Waals surface area contributed by atoms with Gasteiger partial charge in [-0.15, -0.1) is 0 Å². The summed E-state index contributed by atoms with van der Waals surface area (Å²) in [5.41, 5.74) is 0.786. The summed E-state index contributed by atoms with van der Waals surface area (Å²) in [5, 5.41) is 14.8. The van der Waals surface area contributed by atoms with Gasteiger partial charge in [-0.05, 0) is 49.5 Å². The van der Waals surface area contributed by atoms with Gasteiger partial charge in [-0.1, -0.05) is 13.8 Å². The lowest BCUT2D eigenvalue weighted by atomic mass is 9.71. The Balaban J connectivity index is 1.90. The molecule has 0 saturated heterocycles. The van der Waals surface area contributed by atoms with Crippen molar-refractivity contribution in [2.75, 3.05) is 0 Å². The van der Waals surface area contributed by atoms with Gasteiger partial charge in [-0.3, -0.25) is 4.68 Å². The van der Waals surface area contributed by atoms with Crippen molar-refractivity contribution < 1.29 is 5.11 Å². The zero-order chi connectivity index (χ0) is 12.5. The smallest absolute Gasteiger partial charge is 0.0653 e. The lowest BCUT2D eigenvalue weighted by Gasteiger charge is -2.39. The van der Waals surface area contributed by atoms with Gasteiger partial charge in [0, 0.05) is 13.2 Å². The zero-order valence-corrected chi connectivity index (χ0v) is 11.2. The van der Waals surface area contributed by atoms with E-state index in [1.54, 1.807) is 0 Å². The largest absolute Gasteiger partial charge is 0.390 e. The minimum absolute atomic E-state index is 0.443. The Kier molecular flexibility index (Phi) is 3.57. The predicted octanol–water partition coefficient (Wildman–Crippen LogP) is 2.54. The maximum absolute atomic E-state index is 10.6. The average molecular weight is 236 g/mol.